The second-order valence-electron chi connectivity index (χ2n) is 8.78. The van der Waals surface area contributed by atoms with Crippen LogP contribution in [0.15, 0.2) is 77.7 Å². The third-order valence-electron chi connectivity index (χ3n) is 5.90. The second kappa shape index (κ2) is 12.8. The Kier molecular flexibility index (Phi) is 9.97. The molecule has 0 saturated heterocycles. The van der Waals surface area contributed by atoms with E-state index < -0.39 is 15.8 Å². The monoisotopic (exact) mass is 576 g/mol. The number of para-hydroxylation sites is 1. The number of benzene rings is 3. The topological polar surface area (TPSA) is 73.8 Å². The van der Waals surface area contributed by atoms with E-state index in [2.05, 4.69) is 4.98 Å². The normalized spacial score (nSPS) is 11.6. The first kappa shape index (κ1) is 29.7. The van der Waals surface area contributed by atoms with Crippen LogP contribution < -0.4 is 4.90 Å². The minimum Gasteiger partial charge on any atom is -0.308 e. The number of thiazole rings is 1. The van der Waals surface area contributed by atoms with Crippen LogP contribution in [0.4, 0.5) is 9.52 Å². The number of rotatable bonds is 10. The summed E-state index contributed by atoms with van der Waals surface area (Å²) in [5, 5.41) is 0.392. The van der Waals surface area contributed by atoms with Crippen LogP contribution in [-0.4, -0.2) is 62.2 Å². The van der Waals surface area contributed by atoms with E-state index in [1.165, 1.54) is 50.9 Å². The van der Waals surface area contributed by atoms with Gasteiger partial charge in [0.05, 0.1) is 9.60 Å². The van der Waals surface area contributed by atoms with E-state index in [9.17, 15) is 17.6 Å². The zero-order valence-corrected chi connectivity index (χ0v) is 23.8. The number of likely N-dealkylation sites (N-methyl/N-ethyl adjacent to an activating group) is 1. The quantitative estimate of drug-likeness (QED) is 0.257. The summed E-state index contributed by atoms with van der Waals surface area (Å²) in [5.41, 5.74) is 1.44. The molecule has 0 saturated carbocycles. The van der Waals surface area contributed by atoms with E-state index in [1.54, 1.807) is 19.1 Å². The van der Waals surface area contributed by atoms with Crippen LogP contribution in [0.5, 0.6) is 0 Å². The van der Waals surface area contributed by atoms with E-state index in [0.29, 0.717) is 35.0 Å². The number of anilines is 1. The first-order chi connectivity index (χ1) is 17.7. The molecule has 1 amide bonds. The highest BCUT2D eigenvalue weighted by Crippen LogP contribution is 2.31. The average Bonchev–Trinajstić information content (AvgIpc) is 3.33. The van der Waals surface area contributed by atoms with Gasteiger partial charge in [0.2, 0.25) is 10.0 Å². The molecule has 1 aromatic heterocycles. The Balaban J connectivity index is 0.00000400. The molecule has 4 rings (SSSR count). The van der Waals surface area contributed by atoms with Gasteiger partial charge in [0.1, 0.15) is 11.3 Å². The van der Waals surface area contributed by atoms with Gasteiger partial charge in [0.15, 0.2) is 5.13 Å². The molecule has 202 valence electrons. The molecule has 0 unspecified atom stereocenters. The van der Waals surface area contributed by atoms with Crippen molar-refractivity contribution in [2.45, 2.75) is 18.4 Å². The molecule has 7 nitrogen and oxygen atoms in total. The Morgan fingerprint density at radius 2 is 1.63 bits per heavy atom. The Hall–Kier alpha value is -2.89. The van der Waals surface area contributed by atoms with Crippen LogP contribution in [0, 0.1) is 5.82 Å². The third kappa shape index (κ3) is 6.57. The second-order valence-corrected chi connectivity index (χ2v) is 11.7. The summed E-state index contributed by atoms with van der Waals surface area (Å²) < 4.78 is 42.9. The zero-order valence-electron chi connectivity index (χ0n) is 21.4. The Bertz CT molecular complexity index is 1480. The lowest BCUT2D eigenvalue weighted by atomic mass is 10.2. The molecule has 0 N–H and O–H groups in total. The van der Waals surface area contributed by atoms with E-state index >= 15 is 0 Å². The smallest absolute Gasteiger partial charge is 0.260 e. The number of fused-ring (bicyclic) bond motifs is 1. The van der Waals surface area contributed by atoms with Crippen LogP contribution in [0.1, 0.15) is 22.8 Å². The summed E-state index contributed by atoms with van der Waals surface area (Å²) in [7, 11) is 0.0382. The molecular formula is C27H30ClFN4O3S2. The molecule has 38 heavy (non-hydrogen) atoms. The number of nitrogens with zero attached hydrogens (tertiary/aromatic N) is 4. The lowest BCUT2D eigenvalue weighted by Gasteiger charge is -2.23. The van der Waals surface area contributed by atoms with E-state index in [1.807, 2.05) is 49.3 Å². The number of hydrogen-bond acceptors (Lipinski definition) is 6. The fourth-order valence-corrected chi connectivity index (χ4v) is 6.27. The van der Waals surface area contributed by atoms with Gasteiger partial charge in [-0.15, -0.1) is 12.4 Å². The molecule has 11 heteroatoms. The summed E-state index contributed by atoms with van der Waals surface area (Å²) in [5.74, 6) is -0.771. The summed E-state index contributed by atoms with van der Waals surface area (Å²) >= 11 is 1.24. The number of sulfonamides is 1. The molecule has 0 radical (unpaired) electrons. The molecule has 0 aliphatic carbocycles. The van der Waals surface area contributed by atoms with Crippen molar-refractivity contribution in [2.24, 2.45) is 0 Å². The molecule has 0 fully saturated rings. The average molecular weight is 577 g/mol. The molecular weight excluding hydrogens is 547 g/mol. The van der Waals surface area contributed by atoms with Crippen molar-refractivity contribution in [2.75, 3.05) is 38.6 Å². The molecule has 0 aliphatic heterocycles. The van der Waals surface area contributed by atoms with Gasteiger partial charge in [-0.05, 0) is 56.1 Å². The minimum absolute atomic E-state index is 0. The van der Waals surface area contributed by atoms with Crippen molar-refractivity contribution in [3.05, 3.63) is 89.7 Å². The van der Waals surface area contributed by atoms with Crippen molar-refractivity contribution in [1.82, 2.24) is 14.2 Å². The van der Waals surface area contributed by atoms with Crippen molar-refractivity contribution in [1.29, 1.82) is 0 Å². The van der Waals surface area contributed by atoms with Crippen LogP contribution in [0.25, 0.3) is 10.2 Å². The molecule has 0 spiro atoms. The minimum atomic E-state index is -3.76. The van der Waals surface area contributed by atoms with Crippen LogP contribution in [-0.2, 0) is 16.6 Å². The number of carbonyl (C=O) groups excluding carboxylic acids is 1. The van der Waals surface area contributed by atoms with Gasteiger partial charge in [-0.1, -0.05) is 54.7 Å². The predicted octanol–water partition coefficient (Wildman–Crippen LogP) is 5.28. The van der Waals surface area contributed by atoms with Crippen molar-refractivity contribution in [3.63, 3.8) is 0 Å². The maximum Gasteiger partial charge on any atom is 0.260 e. The fourth-order valence-electron chi connectivity index (χ4n) is 3.83. The van der Waals surface area contributed by atoms with Gasteiger partial charge in [0, 0.05) is 31.7 Å². The Labute approximate surface area is 233 Å². The first-order valence-corrected chi connectivity index (χ1v) is 14.1. The highest BCUT2D eigenvalue weighted by molar-refractivity contribution is 7.89. The van der Waals surface area contributed by atoms with Gasteiger partial charge in [-0.2, -0.15) is 4.31 Å². The Morgan fingerprint density at radius 3 is 2.24 bits per heavy atom. The summed E-state index contributed by atoms with van der Waals surface area (Å²) in [6, 6.07) is 20.1. The summed E-state index contributed by atoms with van der Waals surface area (Å²) in [6.07, 6.45) is 0. The van der Waals surface area contributed by atoms with Gasteiger partial charge in [0.25, 0.3) is 5.91 Å². The zero-order chi connectivity index (χ0) is 26.6. The number of hydrogen-bond donors (Lipinski definition) is 0. The highest BCUT2D eigenvalue weighted by Gasteiger charge is 2.26. The number of halogens is 2. The van der Waals surface area contributed by atoms with Crippen molar-refractivity contribution in [3.8, 4) is 0 Å². The molecule has 1 heterocycles. The maximum absolute atomic E-state index is 14.3. The van der Waals surface area contributed by atoms with Crippen molar-refractivity contribution < 1.29 is 17.6 Å². The fraction of sp³-hybridized carbons (Fsp3) is 0.259. The van der Waals surface area contributed by atoms with Gasteiger partial charge >= 0.3 is 0 Å². The maximum atomic E-state index is 14.3. The van der Waals surface area contributed by atoms with Crippen LogP contribution in [0.3, 0.4) is 0 Å². The van der Waals surface area contributed by atoms with E-state index in [-0.39, 0.29) is 35.3 Å². The molecule has 3 aromatic carbocycles. The Morgan fingerprint density at radius 1 is 0.947 bits per heavy atom. The highest BCUT2D eigenvalue weighted by atomic mass is 35.5. The molecule has 4 aromatic rings. The lowest BCUT2D eigenvalue weighted by molar-refractivity contribution is 0.0985. The number of aromatic nitrogens is 1. The van der Waals surface area contributed by atoms with Crippen LogP contribution in [0.2, 0.25) is 0 Å². The third-order valence-corrected chi connectivity index (χ3v) is 8.88. The van der Waals surface area contributed by atoms with Gasteiger partial charge < -0.3 is 4.90 Å². The first-order valence-electron chi connectivity index (χ1n) is 11.9. The van der Waals surface area contributed by atoms with Gasteiger partial charge in [-0.25, -0.2) is 17.8 Å². The summed E-state index contributed by atoms with van der Waals surface area (Å²) in [6.45, 7) is 3.27. The van der Waals surface area contributed by atoms with Crippen LogP contribution >= 0.6 is 23.7 Å². The summed E-state index contributed by atoms with van der Waals surface area (Å²) in [4.78, 5) is 21.5. The van der Waals surface area contributed by atoms with Gasteiger partial charge in [-0.3, -0.25) is 9.69 Å². The predicted molar refractivity (Wildman–Crippen MR) is 153 cm³/mol. The SMILES string of the molecule is CCN(Cc1ccccc1)S(=O)(=O)c1ccc(C(=O)N(CCN(C)C)c2nc3c(F)cccc3s2)cc1.Cl. The standard InChI is InChI=1S/C27H29FN4O3S2.ClH/c1-4-31(19-20-9-6-5-7-10-20)37(34,35)22-15-13-21(14-16-22)26(33)32(18-17-30(2)3)27-29-25-23(28)11-8-12-24(25)36-27;/h5-16H,4,17-19H2,1-3H3;1H. The lowest BCUT2D eigenvalue weighted by Crippen LogP contribution is -2.36. The number of carbonyl (C=O) groups is 1. The molecule has 0 aliphatic rings. The van der Waals surface area contributed by atoms with Crippen molar-refractivity contribution >= 4 is 55.0 Å². The van der Waals surface area contributed by atoms with E-state index in [4.69, 9.17) is 0 Å². The molecule has 0 atom stereocenters. The number of amides is 1. The molecule has 0 bridgehead atoms. The largest absolute Gasteiger partial charge is 0.308 e. The van der Waals surface area contributed by atoms with E-state index in [0.717, 1.165) is 5.56 Å².